The number of benzene rings is 1. The van der Waals surface area contributed by atoms with Crippen LogP contribution in [0.15, 0.2) is 29.6 Å². The van der Waals surface area contributed by atoms with Crippen LogP contribution < -0.4 is 11.1 Å². The summed E-state index contributed by atoms with van der Waals surface area (Å²) >= 11 is 1.39. The quantitative estimate of drug-likeness (QED) is 0.824. The fourth-order valence-electron chi connectivity index (χ4n) is 3.15. The summed E-state index contributed by atoms with van der Waals surface area (Å²) in [5.41, 5.74) is 7.51. The third kappa shape index (κ3) is 3.65. The minimum atomic E-state index is -0.146. The van der Waals surface area contributed by atoms with E-state index in [1.54, 1.807) is 5.38 Å². The molecule has 0 bridgehead atoms. The van der Waals surface area contributed by atoms with Crippen LogP contribution in [0, 0.1) is 12.1 Å². The van der Waals surface area contributed by atoms with E-state index in [1.807, 2.05) is 24.3 Å². The molecule has 1 aliphatic rings. The van der Waals surface area contributed by atoms with Gasteiger partial charge in [-0.05, 0) is 30.0 Å². The lowest BCUT2D eigenvalue weighted by molar-refractivity contribution is -0.118. The van der Waals surface area contributed by atoms with Gasteiger partial charge in [0.05, 0.1) is 5.92 Å². The van der Waals surface area contributed by atoms with Crippen LogP contribution in [0.5, 0.6) is 0 Å². The molecule has 0 spiro atoms. The van der Waals surface area contributed by atoms with Gasteiger partial charge in [0.15, 0.2) is 5.13 Å². The summed E-state index contributed by atoms with van der Waals surface area (Å²) in [7, 11) is 0. The van der Waals surface area contributed by atoms with Gasteiger partial charge in [0.1, 0.15) is 6.20 Å². The van der Waals surface area contributed by atoms with Gasteiger partial charge >= 0.3 is 0 Å². The summed E-state index contributed by atoms with van der Waals surface area (Å²) in [6.07, 6.45) is 8.64. The van der Waals surface area contributed by atoms with E-state index in [1.165, 1.54) is 37.0 Å². The van der Waals surface area contributed by atoms with Crippen molar-refractivity contribution >= 4 is 28.1 Å². The molecule has 1 unspecified atom stereocenters. The second-order valence-corrected chi connectivity index (χ2v) is 6.73. The van der Waals surface area contributed by atoms with Gasteiger partial charge in [-0.1, -0.05) is 37.8 Å². The molecule has 3 rings (SSSR count). The summed E-state index contributed by atoms with van der Waals surface area (Å²) in [6.45, 7) is 0. The highest BCUT2D eigenvalue weighted by atomic mass is 32.1. The number of hydrogen-bond donors (Lipinski definition) is 2. The summed E-state index contributed by atoms with van der Waals surface area (Å²) in [5.74, 6) is 0.504. The largest absolute Gasteiger partial charge is 0.399 e. The predicted octanol–water partition coefficient (Wildman–Crippen LogP) is 3.83. The van der Waals surface area contributed by atoms with E-state index >= 15 is 0 Å². The molecule has 4 nitrogen and oxygen atoms in total. The second-order valence-electron chi connectivity index (χ2n) is 5.88. The van der Waals surface area contributed by atoms with Crippen LogP contribution in [0.2, 0.25) is 0 Å². The van der Waals surface area contributed by atoms with Gasteiger partial charge in [0, 0.05) is 11.1 Å². The normalized spacial score (nSPS) is 16.5. The van der Waals surface area contributed by atoms with E-state index in [2.05, 4.69) is 16.5 Å². The third-order valence-corrected chi connectivity index (χ3v) is 4.96. The Kier molecular flexibility index (Phi) is 4.73. The van der Waals surface area contributed by atoms with Crippen molar-refractivity contribution in [2.75, 3.05) is 11.1 Å². The van der Waals surface area contributed by atoms with Crippen LogP contribution >= 0.6 is 11.3 Å². The molecule has 1 aromatic carbocycles. The van der Waals surface area contributed by atoms with Crippen LogP contribution in [-0.2, 0) is 4.79 Å². The minimum Gasteiger partial charge on any atom is -0.399 e. The maximum atomic E-state index is 12.7. The number of anilines is 2. The van der Waals surface area contributed by atoms with E-state index in [0.717, 1.165) is 17.7 Å². The molecule has 1 amide bonds. The van der Waals surface area contributed by atoms with Crippen molar-refractivity contribution in [3.8, 4) is 0 Å². The second kappa shape index (κ2) is 6.92. The molecule has 1 aromatic heterocycles. The molecule has 1 fully saturated rings. The highest BCUT2D eigenvalue weighted by Gasteiger charge is 2.27. The predicted molar refractivity (Wildman–Crippen MR) is 89.8 cm³/mol. The van der Waals surface area contributed by atoms with Crippen molar-refractivity contribution in [1.82, 2.24) is 4.98 Å². The number of nitrogens with one attached hydrogen (secondary N) is 1. The molecule has 115 valence electrons. The maximum absolute atomic E-state index is 12.7. The molecular weight excluding hydrogens is 294 g/mol. The van der Waals surface area contributed by atoms with Crippen molar-refractivity contribution in [1.29, 1.82) is 0 Å². The Bertz CT molecular complexity index is 603. The lowest BCUT2D eigenvalue weighted by Gasteiger charge is -2.20. The molecule has 22 heavy (non-hydrogen) atoms. The SMILES string of the molecule is Nc1ccc(C(CC2CCCC2)C(=O)Nc2n[c]cs2)cc1. The highest BCUT2D eigenvalue weighted by Crippen LogP contribution is 2.35. The third-order valence-electron chi connectivity index (χ3n) is 4.32. The fourth-order valence-corrected chi connectivity index (χ4v) is 3.63. The Morgan fingerprint density at radius 2 is 2.09 bits per heavy atom. The monoisotopic (exact) mass is 314 g/mol. The smallest absolute Gasteiger partial charge is 0.233 e. The Morgan fingerprint density at radius 3 is 2.73 bits per heavy atom. The van der Waals surface area contributed by atoms with E-state index in [-0.39, 0.29) is 11.8 Å². The Morgan fingerprint density at radius 1 is 1.36 bits per heavy atom. The number of hydrogen-bond acceptors (Lipinski definition) is 4. The first-order valence-electron chi connectivity index (χ1n) is 7.70. The molecule has 1 radical (unpaired) electrons. The van der Waals surface area contributed by atoms with Crippen LogP contribution in [0.1, 0.15) is 43.6 Å². The van der Waals surface area contributed by atoms with Gasteiger partial charge in [0.2, 0.25) is 5.91 Å². The molecular formula is C17H20N3OS. The van der Waals surface area contributed by atoms with Crippen LogP contribution in [-0.4, -0.2) is 10.9 Å². The van der Waals surface area contributed by atoms with Gasteiger partial charge in [-0.2, -0.15) is 0 Å². The number of nitrogens with zero attached hydrogens (tertiary/aromatic N) is 1. The Labute approximate surface area is 134 Å². The lowest BCUT2D eigenvalue weighted by atomic mass is 9.87. The molecule has 1 heterocycles. The zero-order valence-corrected chi connectivity index (χ0v) is 13.2. The Balaban J connectivity index is 1.77. The first-order valence-corrected chi connectivity index (χ1v) is 8.58. The summed E-state index contributed by atoms with van der Waals surface area (Å²) in [6, 6.07) is 7.65. The van der Waals surface area contributed by atoms with Crippen LogP contribution in [0.3, 0.4) is 0 Å². The average Bonchev–Trinajstić information content (AvgIpc) is 3.19. The molecule has 2 aromatic rings. The van der Waals surface area contributed by atoms with Crippen molar-refractivity contribution in [2.24, 2.45) is 5.92 Å². The van der Waals surface area contributed by atoms with Gasteiger partial charge in [-0.15, -0.1) is 11.3 Å². The summed E-state index contributed by atoms with van der Waals surface area (Å²) < 4.78 is 0. The minimum absolute atomic E-state index is 0.0139. The van der Waals surface area contributed by atoms with Crippen molar-refractivity contribution in [2.45, 2.75) is 38.0 Å². The number of amides is 1. The van der Waals surface area contributed by atoms with Gasteiger partial charge in [-0.3, -0.25) is 4.79 Å². The number of nitrogen functional groups attached to an aromatic ring is 1. The van der Waals surface area contributed by atoms with E-state index < -0.39 is 0 Å². The Hall–Kier alpha value is -1.88. The molecule has 1 atom stereocenters. The molecule has 5 heteroatoms. The number of carbonyl (C=O) groups excluding carboxylic acids is 1. The van der Waals surface area contributed by atoms with E-state index in [4.69, 9.17) is 5.73 Å². The first kappa shape index (κ1) is 15.0. The number of thiazole rings is 1. The zero-order chi connectivity index (χ0) is 15.4. The zero-order valence-electron chi connectivity index (χ0n) is 12.4. The van der Waals surface area contributed by atoms with E-state index in [0.29, 0.717) is 11.0 Å². The number of rotatable bonds is 5. The van der Waals surface area contributed by atoms with Crippen molar-refractivity contribution in [3.63, 3.8) is 0 Å². The lowest BCUT2D eigenvalue weighted by Crippen LogP contribution is -2.23. The topological polar surface area (TPSA) is 68.0 Å². The fraction of sp³-hybridized carbons (Fsp3) is 0.412. The molecule has 0 aliphatic heterocycles. The molecule has 0 saturated heterocycles. The highest BCUT2D eigenvalue weighted by molar-refractivity contribution is 7.13. The summed E-state index contributed by atoms with van der Waals surface area (Å²) in [5, 5.41) is 5.26. The van der Waals surface area contributed by atoms with Crippen LogP contribution in [0.25, 0.3) is 0 Å². The number of carbonyl (C=O) groups is 1. The van der Waals surface area contributed by atoms with Gasteiger partial charge < -0.3 is 11.1 Å². The standard InChI is InChI=1S/C17H20N3OS/c18-14-7-5-13(6-8-14)15(11-12-3-1-2-4-12)16(21)20-17-19-9-10-22-17/h5-8,10,12,15H,1-4,11,18H2,(H,19,20,21). The van der Waals surface area contributed by atoms with Gasteiger partial charge in [0.25, 0.3) is 0 Å². The first-order chi connectivity index (χ1) is 10.7. The average molecular weight is 314 g/mol. The van der Waals surface area contributed by atoms with E-state index in [9.17, 15) is 4.79 Å². The molecule has 1 aliphatic carbocycles. The summed E-state index contributed by atoms with van der Waals surface area (Å²) in [4.78, 5) is 16.7. The van der Waals surface area contributed by atoms with Gasteiger partial charge in [-0.25, -0.2) is 4.98 Å². The maximum Gasteiger partial charge on any atom is 0.233 e. The van der Waals surface area contributed by atoms with Crippen molar-refractivity contribution in [3.05, 3.63) is 41.4 Å². The molecule has 3 N–H and O–H groups in total. The number of nitrogens with two attached hydrogens (primary N) is 1. The van der Waals surface area contributed by atoms with Crippen molar-refractivity contribution < 1.29 is 4.79 Å². The molecule has 1 saturated carbocycles. The van der Waals surface area contributed by atoms with Crippen LogP contribution in [0.4, 0.5) is 10.8 Å². The number of aromatic nitrogens is 1.